The summed E-state index contributed by atoms with van der Waals surface area (Å²) < 4.78 is 4.72. The van der Waals surface area contributed by atoms with E-state index in [2.05, 4.69) is 426 Å². The molecule has 6 aliphatic rings. The number of benzene rings is 19. The van der Waals surface area contributed by atoms with Crippen LogP contribution in [0, 0.1) is 0 Å². The average molecular weight is 1560 g/mol. The molecule has 2 aromatic heterocycles. The quantitative estimate of drug-likeness (QED) is 0.148. The van der Waals surface area contributed by atoms with Crippen molar-refractivity contribution < 1.29 is 0 Å². The van der Waals surface area contributed by atoms with E-state index in [0.29, 0.717) is 0 Å². The van der Waals surface area contributed by atoms with E-state index < -0.39 is 0 Å². The van der Waals surface area contributed by atoms with Gasteiger partial charge in [-0.25, -0.2) is 0 Å². The van der Waals surface area contributed by atoms with E-state index in [0.717, 1.165) is 33.5 Å². The highest BCUT2D eigenvalue weighted by molar-refractivity contribution is 6.30. The van der Waals surface area contributed by atoms with Gasteiger partial charge in [0.1, 0.15) is 0 Å². The van der Waals surface area contributed by atoms with Crippen LogP contribution in [0.15, 0.2) is 437 Å². The summed E-state index contributed by atoms with van der Waals surface area (Å²) in [5, 5.41) is 9.29. The van der Waals surface area contributed by atoms with Crippen LogP contribution in [-0.4, -0.2) is 9.13 Å². The van der Waals surface area contributed by atoms with Crippen LogP contribution >= 0.6 is 11.6 Å². The van der Waals surface area contributed by atoms with Crippen molar-refractivity contribution in [3.05, 3.63) is 486 Å². The molecule has 564 valence electrons. The second-order valence-electron chi connectivity index (χ2n) is 32.6. The third-order valence-corrected chi connectivity index (χ3v) is 26.8. The standard InChI is InChI=1S/C55H34N2.C31H17Cl.C30H22N2/c1-3-13-37(14-4-1)56(39-28-25-35(26-29-39)36-27-32-52-48(33-36)43-18-8-10-24-51(43)57(52)38-15-5-2-6-16-38)40-30-31-42-45-20-12-22-47-46-21-11-19-44-41-17-7-9-23-49(41)55(53(44)46,54(45)47)50(42)34-40;32-20-14-11-18(12-15-20)19-13-16-22-24-7-4-9-26-25-8-3-6-23-21-5-1-2-10-27(21)31(29(23)25,30(24)26)28(22)17-19;1-3-9-24(10-4-1)31-25-18-15-22(16-19-25)23-17-20-30-28(21-23)27-13-7-8-14-29(27)32(30)26-11-5-2-6-12-26/h1-34H;1-17H;1-21,31H. The topological polar surface area (TPSA) is 25.1 Å². The fraction of sp³-hybridized carbons (Fsp3) is 0.0172. The predicted molar refractivity (Wildman–Crippen MR) is 504 cm³/mol. The molecular weight excluding hydrogens is 1480 g/mol. The van der Waals surface area contributed by atoms with E-state index in [-0.39, 0.29) is 10.8 Å². The number of rotatable bonds is 10. The van der Waals surface area contributed by atoms with Crippen molar-refractivity contribution in [3.8, 4) is 112 Å². The first-order valence-electron chi connectivity index (χ1n) is 41.8. The molecule has 2 spiro atoms. The molecule has 0 saturated carbocycles. The molecule has 121 heavy (non-hydrogen) atoms. The smallest absolute Gasteiger partial charge is 0.0738 e. The first kappa shape index (κ1) is 68.9. The Morgan fingerprint density at radius 2 is 0.521 bits per heavy atom. The Balaban J connectivity index is 0.000000108. The molecule has 0 bridgehead atoms. The zero-order valence-corrected chi connectivity index (χ0v) is 66.5. The van der Waals surface area contributed by atoms with E-state index in [1.807, 2.05) is 30.3 Å². The largest absolute Gasteiger partial charge is 0.356 e. The van der Waals surface area contributed by atoms with Crippen molar-refractivity contribution in [1.29, 1.82) is 0 Å². The number of fused-ring (bicyclic) bond motifs is 16. The van der Waals surface area contributed by atoms with Crippen LogP contribution in [0.3, 0.4) is 0 Å². The van der Waals surface area contributed by atoms with Crippen LogP contribution in [-0.2, 0) is 10.8 Å². The summed E-state index contributed by atoms with van der Waals surface area (Å²) in [5.74, 6) is 0. The Morgan fingerprint density at radius 1 is 0.207 bits per heavy atom. The van der Waals surface area contributed by atoms with Gasteiger partial charge in [-0.3, -0.25) is 0 Å². The molecule has 2 heterocycles. The Hall–Kier alpha value is -15.3. The van der Waals surface area contributed by atoms with Crippen molar-refractivity contribution in [2.24, 2.45) is 0 Å². The molecule has 0 amide bonds. The molecule has 1 N–H and O–H groups in total. The maximum atomic E-state index is 6.17. The molecule has 2 atom stereocenters. The highest BCUT2D eigenvalue weighted by Crippen LogP contribution is 2.72. The maximum absolute atomic E-state index is 6.17. The van der Waals surface area contributed by atoms with Gasteiger partial charge in [0.15, 0.2) is 0 Å². The van der Waals surface area contributed by atoms with Gasteiger partial charge in [-0.15, -0.1) is 0 Å². The number of aromatic nitrogens is 2. The van der Waals surface area contributed by atoms with E-state index >= 15 is 0 Å². The average Bonchev–Trinajstić information content (AvgIpc) is 1.48. The lowest BCUT2D eigenvalue weighted by atomic mass is 9.73. The van der Waals surface area contributed by atoms with Gasteiger partial charge in [-0.2, -0.15) is 0 Å². The van der Waals surface area contributed by atoms with Gasteiger partial charge in [0.05, 0.1) is 32.9 Å². The molecule has 0 fully saturated rings. The molecule has 27 rings (SSSR count). The molecule has 4 nitrogen and oxygen atoms in total. The van der Waals surface area contributed by atoms with Gasteiger partial charge >= 0.3 is 0 Å². The highest BCUT2D eigenvalue weighted by Gasteiger charge is 2.59. The molecule has 0 aliphatic heterocycles. The molecule has 5 heteroatoms. The van der Waals surface area contributed by atoms with Crippen LogP contribution in [0.2, 0.25) is 5.02 Å². The van der Waals surface area contributed by atoms with E-state index in [1.165, 1.54) is 200 Å². The first-order valence-corrected chi connectivity index (χ1v) is 42.2. The molecule has 2 unspecified atom stereocenters. The Morgan fingerprint density at radius 3 is 1.00 bits per heavy atom. The zero-order valence-electron chi connectivity index (χ0n) is 65.8. The monoisotopic (exact) mass is 1560 g/mol. The third-order valence-electron chi connectivity index (χ3n) is 26.6. The lowest BCUT2D eigenvalue weighted by molar-refractivity contribution is 0.818. The molecule has 6 aliphatic carbocycles. The van der Waals surface area contributed by atoms with Crippen LogP contribution in [0.4, 0.5) is 28.4 Å². The van der Waals surface area contributed by atoms with Crippen molar-refractivity contribution in [1.82, 2.24) is 9.13 Å². The minimum atomic E-state index is -0.325. The van der Waals surface area contributed by atoms with Crippen LogP contribution in [0.5, 0.6) is 0 Å². The second kappa shape index (κ2) is 26.9. The molecule has 21 aromatic rings. The minimum absolute atomic E-state index is 0.216. The number of hydrogen-bond donors (Lipinski definition) is 1. The van der Waals surface area contributed by atoms with Crippen molar-refractivity contribution >= 4 is 83.6 Å². The highest BCUT2D eigenvalue weighted by atomic mass is 35.5. The summed E-state index contributed by atoms with van der Waals surface area (Å²) in [6, 6.07) is 159. The number of halogens is 1. The lowest BCUT2D eigenvalue weighted by Gasteiger charge is -2.30. The lowest BCUT2D eigenvalue weighted by Crippen LogP contribution is -2.23. The molecule has 19 aromatic carbocycles. The summed E-state index contributed by atoms with van der Waals surface area (Å²) in [6.45, 7) is 0. The van der Waals surface area contributed by atoms with Gasteiger partial charge in [-0.1, -0.05) is 309 Å². The van der Waals surface area contributed by atoms with Gasteiger partial charge in [0.2, 0.25) is 0 Å². The Bertz CT molecular complexity index is 7770. The Kier molecular flexibility index (Phi) is 15.3. The van der Waals surface area contributed by atoms with E-state index in [1.54, 1.807) is 0 Å². The van der Waals surface area contributed by atoms with Gasteiger partial charge in [-0.05, 0) is 284 Å². The number of anilines is 5. The third kappa shape index (κ3) is 10.1. The summed E-state index contributed by atoms with van der Waals surface area (Å²) >= 11 is 6.17. The molecule has 0 saturated heterocycles. The number of hydrogen-bond acceptors (Lipinski definition) is 2. The van der Waals surface area contributed by atoms with Gasteiger partial charge < -0.3 is 19.4 Å². The minimum Gasteiger partial charge on any atom is -0.356 e. The number of nitrogens with one attached hydrogen (secondary N) is 1. The summed E-state index contributed by atoms with van der Waals surface area (Å²) in [4.78, 5) is 2.42. The second-order valence-corrected chi connectivity index (χ2v) is 33.1. The van der Waals surface area contributed by atoms with Crippen molar-refractivity contribution in [2.75, 3.05) is 10.2 Å². The molecule has 0 radical (unpaired) electrons. The maximum Gasteiger partial charge on any atom is 0.0738 e. The van der Waals surface area contributed by atoms with Crippen LogP contribution < -0.4 is 10.2 Å². The summed E-state index contributed by atoms with van der Waals surface area (Å²) in [6.07, 6.45) is 0. The van der Waals surface area contributed by atoms with Crippen molar-refractivity contribution in [3.63, 3.8) is 0 Å². The van der Waals surface area contributed by atoms with Gasteiger partial charge in [0, 0.05) is 66.4 Å². The first-order chi connectivity index (χ1) is 59.9. The van der Waals surface area contributed by atoms with Crippen molar-refractivity contribution in [2.45, 2.75) is 10.8 Å². The summed E-state index contributed by atoms with van der Waals surface area (Å²) in [7, 11) is 0. The zero-order chi connectivity index (χ0) is 79.6. The SMILES string of the molecule is Clc1ccc(-c2ccc3c(c2)C24c5ccccc5-c5cccc(c52)-c2cccc-3c24)cc1.c1ccc(N(c2ccc(-c3ccc4c(c3)c3ccccc3n4-c3ccccc3)cc2)c2ccc3c(c2)C24c5ccccc5-c5cccc(c52)-c2cccc-3c24)cc1.c1ccc(Nc2ccc(-c3ccc4c(c3)c3ccccc3n4-c3ccccc3)cc2)cc1. The summed E-state index contributed by atoms with van der Waals surface area (Å²) in [5.41, 5.74) is 47.4. The fourth-order valence-electron chi connectivity index (χ4n) is 21.7. The number of nitrogens with zero attached hydrogens (tertiary/aromatic N) is 3. The van der Waals surface area contributed by atoms with E-state index in [4.69, 9.17) is 11.6 Å². The van der Waals surface area contributed by atoms with Gasteiger partial charge in [0.25, 0.3) is 0 Å². The van der Waals surface area contributed by atoms with Crippen LogP contribution in [0.25, 0.3) is 155 Å². The Labute approximate surface area is 706 Å². The van der Waals surface area contributed by atoms with Crippen LogP contribution in [0.1, 0.15) is 44.5 Å². The number of para-hydroxylation sites is 6. The predicted octanol–water partition coefficient (Wildman–Crippen LogP) is 30.8. The fourth-order valence-corrected chi connectivity index (χ4v) is 21.9. The normalized spacial score (nSPS) is 14.7. The molecular formula is C116H73ClN4. The van der Waals surface area contributed by atoms with E-state index in [9.17, 15) is 0 Å².